The van der Waals surface area contributed by atoms with Crippen LogP contribution in [0.5, 0.6) is 0 Å². The van der Waals surface area contributed by atoms with Gasteiger partial charge in [-0.1, -0.05) is 20.8 Å². The van der Waals surface area contributed by atoms with Gasteiger partial charge in [-0.05, 0) is 13.0 Å². The fourth-order valence-corrected chi connectivity index (χ4v) is 3.11. The molecule has 3 rings (SSSR count). The van der Waals surface area contributed by atoms with Crippen LogP contribution < -0.4 is 5.32 Å². The van der Waals surface area contributed by atoms with Gasteiger partial charge in [-0.2, -0.15) is 5.10 Å². The average Bonchev–Trinajstić information content (AvgIpc) is 3.06. The summed E-state index contributed by atoms with van der Waals surface area (Å²) in [6.07, 6.45) is 1.61. The fourth-order valence-electron chi connectivity index (χ4n) is 2.22. The maximum atomic E-state index is 12.5. The number of aromatic amines is 1. The molecule has 22 heavy (non-hydrogen) atoms. The van der Waals surface area contributed by atoms with Crippen molar-refractivity contribution in [2.45, 2.75) is 33.1 Å². The molecule has 6 nitrogen and oxygen atoms in total. The van der Waals surface area contributed by atoms with E-state index in [1.807, 2.05) is 33.8 Å². The molecule has 0 bridgehead atoms. The molecule has 0 unspecified atom stereocenters. The number of anilines is 1. The van der Waals surface area contributed by atoms with Crippen LogP contribution in [-0.4, -0.2) is 26.1 Å². The maximum Gasteiger partial charge on any atom is 0.267 e. The largest absolute Gasteiger partial charge is 0.320 e. The molecule has 0 radical (unpaired) electrons. The van der Waals surface area contributed by atoms with Gasteiger partial charge >= 0.3 is 0 Å². The zero-order valence-corrected chi connectivity index (χ0v) is 13.7. The van der Waals surface area contributed by atoms with E-state index < -0.39 is 0 Å². The first-order valence-corrected chi connectivity index (χ1v) is 7.80. The Morgan fingerprint density at radius 2 is 2.09 bits per heavy atom. The molecule has 0 fully saturated rings. The van der Waals surface area contributed by atoms with Crippen molar-refractivity contribution in [1.29, 1.82) is 0 Å². The third-order valence-electron chi connectivity index (χ3n) is 3.34. The summed E-state index contributed by atoms with van der Waals surface area (Å²) in [7, 11) is 0. The van der Waals surface area contributed by atoms with Crippen LogP contribution in [0.2, 0.25) is 0 Å². The Morgan fingerprint density at radius 3 is 2.82 bits per heavy atom. The molecule has 1 amide bonds. The van der Waals surface area contributed by atoms with Gasteiger partial charge in [-0.3, -0.25) is 9.89 Å². The molecule has 0 aliphatic rings. The number of amides is 1. The lowest BCUT2D eigenvalue weighted by Gasteiger charge is -2.17. The molecular weight excluding hydrogens is 298 g/mol. The van der Waals surface area contributed by atoms with E-state index in [-0.39, 0.29) is 11.3 Å². The summed E-state index contributed by atoms with van der Waals surface area (Å²) < 4.78 is 0. The predicted molar refractivity (Wildman–Crippen MR) is 87.4 cm³/mol. The normalized spacial score (nSPS) is 11.8. The highest BCUT2D eigenvalue weighted by Gasteiger charge is 2.25. The minimum Gasteiger partial charge on any atom is -0.320 e. The number of pyridine rings is 1. The molecule has 3 aromatic heterocycles. The van der Waals surface area contributed by atoms with Crippen LogP contribution in [0.3, 0.4) is 0 Å². The molecule has 0 saturated carbocycles. The molecule has 3 heterocycles. The van der Waals surface area contributed by atoms with E-state index in [1.54, 1.807) is 11.7 Å². The Bertz CT molecular complexity index is 843. The fraction of sp³-hybridized carbons (Fsp3) is 0.333. The van der Waals surface area contributed by atoms with E-state index in [2.05, 4.69) is 25.5 Å². The summed E-state index contributed by atoms with van der Waals surface area (Å²) in [5.74, 6) is -0.158. The Hall–Kier alpha value is -2.28. The number of H-pyrrole nitrogens is 1. The van der Waals surface area contributed by atoms with Gasteiger partial charge in [0, 0.05) is 16.5 Å². The van der Waals surface area contributed by atoms with Crippen LogP contribution in [0.4, 0.5) is 5.69 Å². The van der Waals surface area contributed by atoms with Gasteiger partial charge in [-0.15, -0.1) is 11.3 Å². The van der Waals surface area contributed by atoms with Gasteiger partial charge in [-0.25, -0.2) is 9.97 Å². The Morgan fingerprint density at radius 1 is 1.32 bits per heavy atom. The molecule has 0 aliphatic carbocycles. The SMILES string of the molecule is Cc1[nH]nc2ncc(NC(=O)c3scnc3C(C)(C)C)cc12. The number of hydrogen-bond acceptors (Lipinski definition) is 5. The maximum absolute atomic E-state index is 12.5. The van der Waals surface area contributed by atoms with Crippen LogP contribution >= 0.6 is 11.3 Å². The molecule has 0 spiro atoms. The predicted octanol–water partition coefficient (Wildman–Crippen LogP) is 3.27. The van der Waals surface area contributed by atoms with Crippen LogP contribution in [0.1, 0.15) is 41.8 Å². The minimum absolute atomic E-state index is 0.158. The van der Waals surface area contributed by atoms with Crippen LogP contribution in [-0.2, 0) is 5.41 Å². The van der Waals surface area contributed by atoms with Crippen molar-refractivity contribution in [2.24, 2.45) is 0 Å². The monoisotopic (exact) mass is 315 g/mol. The minimum atomic E-state index is -0.171. The highest BCUT2D eigenvalue weighted by atomic mass is 32.1. The summed E-state index contributed by atoms with van der Waals surface area (Å²) in [5.41, 5.74) is 4.56. The first-order valence-electron chi connectivity index (χ1n) is 6.92. The second-order valence-electron chi connectivity index (χ2n) is 6.18. The lowest BCUT2D eigenvalue weighted by atomic mass is 9.91. The zero-order valence-electron chi connectivity index (χ0n) is 12.9. The van der Waals surface area contributed by atoms with Crippen LogP contribution in [0.25, 0.3) is 11.0 Å². The molecule has 0 atom stereocenters. The Labute approximate surface area is 132 Å². The summed E-state index contributed by atoms with van der Waals surface area (Å²) in [6.45, 7) is 8.05. The molecule has 114 valence electrons. The highest BCUT2D eigenvalue weighted by Crippen LogP contribution is 2.28. The van der Waals surface area contributed by atoms with E-state index >= 15 is 0 Å². The van der Waals surface area contributed by atoms with Gasteiger partial charge in [0.25, 0.3) is 5.91 Å². The van der Waals surface area contributed by atoms with Crippen LogP contribution in [0, 0.1) is 6.92 Å². The number of rotatable bonds is 2. The second-order valence-corrected chi connectivity index (χ2v) is 7.03. The van der Waals surface area contributed by atoms with Gasteiger partial charge in [0.15, 0.2) is 5.65 Å². The van der Waals surface area contributed by atoms with Crippen molar-refractivity contribution >= 4 is 34.0 Å². The topological polar surface area (TPSA) is 83.6 Å². The molecule has 0 saturated heterocycles. The van der Waals surface area contributed by atoms with E-state index in [0.29, 0.717) is 16.2 Å². The highest BCUT2D eigenvalue weighted by molar-refractivity contribution is 7.12. The Kier molecular flexibility index (Phi) is 3.44. The van der Waals surface area contributed by atoms with Crippen molar-refractivity contribution in [3.8, 4) is 0 Å². The number of nitrogens with one attached hydrogen (secondary N) is 2. The van der Waals surface area contributed by atoms with E-state index in [1.165, 1.54) is 11.3 Å². The lowest BCUT2D eigenvalue weighted by molar-refractivity contribution is 0.102. The van der Waals surface area contributed by atoms with Gasteiger partial charge in [0.2, 0.25) is 0 Å². The van der Waals surface area contributed by atoms with Gasteiger partial charge in [0.05, 0.1) is 23.1 Å². The number of carbonyl (C=O) groups is 1. The molecule has 0 aromatic carbocycles. The first-order chi connectivity index (χ1) is 10.4. The molecule has 7 heteroatoms. The zero-order chi connectivity index (χ0) is 15.9. The van der Waals surface area contributed by atoms with E-state index in [0.717, 1.165) is 16.8 Å². The summed E-state index contributed by atoms with van der Waals surface area (Å²) >= 11 is 1.35. The number of thiazole rings is 1. The summed E-state index contributed by atoms with van der Waals surface area (Å²) in [4.78, 5) is 21.7. The molecule has 3 aromatic rings. The third-order valence-corrected chi connectivity index (χ3v) is 4.17. The van der Waals surface area contributed by atoms with Gasteiger partial charge in [0.1, 0.15) is 4.88 Å². The number of fused-ring (bicyclic) bond motifs is 1. The summed E-state index contributed by atoms with van der Waals surface area (Å²) in [5, 5.41) is 10.8. The number of aryl methyl sites for hydroxylation is 1. The lowest BCUT2D eigenvalue weighted by Crippen LogP contribution is -2.19. The number of nitrogens with zero attached hydrogens (tertiary/aromatic N) is 3. The van der Waals surface area contributed by atoms with Crippen molar-refractivity contribution in [2.75, 3.05) is 5.32 Å². The Balaban J connectivity index is 1.90. The van der Waals surface area contributed by atoms with E-state index in [4.69, 9.17) is 0 Å². The second kappa shape index (κ2) is 5.17. The molecule has 0 aliphatic heterocycles. The molecule has 2 N–H and O–H groups in total. The number of carbonyl (C=O) groups excluding carboxylic acids is 1. The summed E-state index contributed by atoms with van der Waals surface area (Å²) in [6, 6.07) is 1.87. The number of aromatic nitrogens is 4. The van der Waals surface area contributed by atoms with Crippen molar-refractivity contribution < 1.29 is 4.79 Å². The van der Waals surface area contributed by atoms with Gasteiger partial charge < -0.3 is 5.32 Å². The van der Waals surface area contributed by atoms with Crippen molar-refractivity contribution in [3.05, 3.63) is 34.0 Å². The van der Waals surface area contributed by atoms with Crippen molar-refractivity contribution in [3.63, 3.8) is 0 Å². The first kappa shape index (κ1) is 14.6. The van der Waals surface area contributed by atoms with Crippen LogP contribution in [0.15, 0.2) is 17.8 Å². The van der Waals surface area contributed by atoms with Crippen molar-refractivity contribution in [1.82, 2.24) is 20.2 Å². The molecular formula is C15H17N5OS. The standard InChI is InChI=1S/C15H17N5OS/c1-8-10-5-9(6-16-13(10)20-19-8)18-14(21)11-12(15(2,3)4)17-7-22-11/h5-7H,1-4H3,(H,18,21)(H,16,19,20). The van der Waals surface area contributed by atoms with E-state index in [9.17, 15) is 4.79 Å². The number of hydrogen-bond donors (Lipinski definition) is 2. The average molecular weight is 315 g/mol. The quantitative estimate of drug-likeness (QED) is 0.760. The smallest absolute Gasteiger partial charge is 0.267 e. The third kappa shape index (κ3) is 2.59.